The Morgan fingerprint density at radius 1 is 1.12 bits per heavy atom. The van der Waals surface area contributed by atoms with Gasteiger partial charge in [-0.25, -0.2) is 4.98 Å². The standard InChI is InChI=1S/C7H10N8S/c1-3-10-7(15-14-3)16-2-4-11-5(8)13-6(9)12-4/h2H2,1H3,(H,10,14,15)(H4,8,9,11,12,13). The van der Waals surface area contributed by atoms with Crippen molar-refractivity contribution in [3.63, 3.8) is 0 Å². The first-order valence-corrected chi connectivity index (χ1v) is 5.40. The number of hydrogen-bond acceptors (Lipinski definition) is 8. The van der Waals surface area contributed by atoms with Crippen LogP contribution in [0.2, 0.25) is 0 Å². The zero-order valence-electron chi connectivity index (χ0n) is 8.51. The summed E-state index contributed by atoms with van der Waals surface area (Å²) < 4.78 is 0. The summed E-state index contributed by atoms with van der Waals surface area (Å²) in [5, 5.41) is 7.35. The van der Waals surface area contributed by atoms with Gasteiger partial charge in [-0.2, -0.15) is 15.0 Å². The van der Waals surface area contributed by atoms with E-state index in [1.165, 1.54) is 11.8 Å². The summed E-state index contributed by atoms with van der Waals surface area (Å²) in [6.45, 7) is 1.83. The SMILES string of the molecule is Cc1nc(SCc2nc(N)nc(N)n2)n[nH]1. The van der Waals surface area contributed by atoms with Gasteiger partial charge < -0.3 is 11.5 Å². The minimum Gasteiger partial charge on any atom is -0.368 e. The predicted octanol–water partition coefficient (Wildman–Crippen LogP) is -0.245. The third kappa shape index (κ3) is 2.57. The van der Waals surface area contributed by atoms with Gasteiger partial charge in [-0.1, -0.05) is 11.8 Å². The zero-order chi connectivity index (χ0) is 11.5. The second-order valence-corrected chi connectivity index (χ2v) is 3.90. The molecule has 2 aromatic rings. The maximum atomic E-state index is 5.44. The number of nitrogens with two attached hydrogens (primary N) is 2. The van der Waals surface area contributed by atoms with Crippen molar-refractivity contribution in [3.8, 4) is 0 Å². The molecule has 0 aliphatic carbocycles. The lowest BCUT2D eigenvalue weighted by Gasteiger charge is -1.99. The Labute approximate surface area is 95.3 Å². The van der Waals surface area contributed by atoms with Crippen molar-refractivity contribution < 1.29 is 0 Å². The van der Waals surface area contributed by atoms with Gasteiger partial charge in [0, 0.05) is 0 Å². The van der Waals surface area contributed by atoms with Crippen molar-refractivity contribution in [1.29, 1.82) is 0 Å². The molecular formula is C7H10N8S. The zero-order valence-corrected chi connectivity index (χ0v) is 9.32. The largest absolute Gasteiger partial charge is 0.368 e. The monoisotopic (exact) mass is 238 g/mol. The maximum Gasteiger partial charge on any atom is 0.225 e. The van der Waals surface area contributed by atoms with Crippen LogP contribution in [-0.2, 0) is 5.75 Å². The lowest BCUT2D eigenvalue weighted by atomic mass is 10.7. The van der Waals surface area contributed by atoms with E-state index >= 15 is 0 Å². The van der Waals surface area contributed by atoms with Crippen molar-refractivity contribution >= 4 is 23.7 Å². The van der Waals surface area contributed by atoms with Gasteiger partial charge >= 0.3 is 0 Å². The van der Waals surface area contributed by atoms with E-state index in [1.54, 1.807) is 0 Å². The van der Waals surface area contributed by atoms with E-state index < -0.39 is 0 Å². The van der Waals surface area contributed by atoms with Gasteiger partial charge in [0.2, 0.25) is 17.1 Å². The molecule has 0 bridgehead atoms. The quantitative estimate of drug-likeness (QED) is 0.624. The summed E-state index contributed by atoms with van der Waals surface area (Å²) in [6, 6.07) is 0. The lowest BCUT2D eigenvalue weighted by molar-refractivity contribution is 0.956. The molecule has 8 nitrogen and oxygen atoms in total. The van der Waals surface area contributed by atoms with Crippen LogP contribution in [0.5, 0.6) is 0 Å². The summed E-state index contributed by atoms with van der Waals surface area (Å²) in [5.41, 5.74) is 10.9. The molecule has 0 unspecified atom stereocenters. The first kappa shape index (κ1) is 10.6. The van der Waals surface area contributed by atoms with Crippen LogP contribution in [0.25, 0.3) is 0 Å². The van der Waals surface area contributed by atoms with Gasteiger partial charge in [-0.05, 0) is 6.92 Å². The minimum atomic E-state index is 0.120. The van der Waals surface area contributed by atoms with E-state index in [0.717, 1.165) is 5.82 Å². The van der Waals surface area contributed by atoms with Gasteiger partial charge in [-0.3, -0.25) is 5.10 Å². The van der Waals surface area contributed by atoms with Crippen molar-refractivity contribution in [2.45, 2.75) is 17.8 Å². The topological polar surface area (TPSA) is 132 Å². The fourth-order valence-electron chi connectivity index (χ4n) is 1.04. The molecule has 2 rings (SSSR count). The first-order chi connectivity index (χ1) is 7.63. The fraction of sp³-hybridized carbons (Fsp3) is 0.286. The Morgan fingerprint density at radius 3 is 2.38 bits per heavy atom. The molecule has 2 heterocycles. The summed E-state index contributed by atoms with van der Waals surface area (Å²) in [5.74, 6) is 2.01. The Bertz CT molecular complexity index is 475. The van der Waals surface area contributed by atoms with Crippen LogP contribution in [0.15, 0.2) is 5.16 Å². The molecule has 0 aliphatic heterocycles. The Hall–Kier alpha value is -1.90. The number of nitrogen functional groups attached to an aromatic ring is 2. The van der Waals surface area contributed by atoms with Gasteiger partial charge in [-0.15, -0.1) is 5.10 Å². The highest BCUT2D eigenvalue weighted by molar-refractivity contribution is 7.98. The van der Waals surface area contributed by atoms with Crippen LogP contribution in [0, 0.1) is 6.92 Å². The van der Waals surface area contributed by atoms with Crippen molar-refractivity contribution in [2.24, 2.45) is 0 Å². The van der Waals surface area contributed by atoms with Crippen molar-refractivity contribution in [1.82, 2.24) is 30.1 Å². The molecule has 2 aromatic heterocycles. The number of hydrogen-bond donors (Lipinski definition) is 3. The highest BCUT2D eigenvalue weighted by atomic mass is 32.2. The fourth-order valence-corrected chi connectivity index (χ4v) is 1.74. The summed E-state index contributed by atoms with van der Waals surface area (Å²) in [4.78, 5) is 15.7. The second-order valence-electron chi connectivity index (χ2n) is 2.96. The number of aromatic amines is 1. The molecule has 0 saturated heterocycles. The molecule has 5 N–H and O–H groups in total. The molecule has 0 fully saturated rings. The Balaban J connectivity index is 2.04. The summed E-state index contributed by atoms with van der Waals surface area (Å²) in [7, 11) is 0. The molecule has 0 spiro atoms. The van der Waals surface area contributed by atoms with E-state index in [1.807, 2.05) is 6.92 Å². The average Bonchev–Trinajstić information content (AvgIpc) is 2.60. The third-order valence-electron chi connectivity index (χ3n) is 1.62. The van der Waals surface area contributed by atoms with Crippen LogP contribution in [0.3, 0.4) is 0 Å². The number of aryl methyl sites for hydroxylation is 1. The normalized spacial score (nSPS) is 10.6. The van der Waals surface area contributed by atoms with E-state index in [4.69, 9.17) is 11.5 Å². The maximum absolute atomic E-state index is 5.44. The molecule has 9 heteroatoms. The van der Waals surface area contributed by atoms with E-state index in [-0.39, 0.29) is 11.9 Å². The molecule has 16 heavy (non-hydrogen) atoms. The molecule has 0 saturated carbocycles. The number of thioether (sulfide) groups is 1. The number of nitrogens with one attached hydrogen (secondary N) is 1. The molecule has 84 valence electrons. The second kappa shape index (κ2) is 4.31. The minimum absolute atomic E-state index is 0.120. The van der Waals surface area contributed by atoms with E-state index in [0.29, 0.717) is 16.7 Å². The van der Waals surface area contributed by atoms with Crippen LogP contribution in [0.4, 0.5) is 11.9 Å². The van der Waals surface area contributed by atoms with Crippen LogP contribution in [0.1, 0.15) is 11.6 Å². The van der Waals surface area contributed by atoms with Crippen LogP contribution >= 0.6 is 11.8 Å². The lowest BCUT2D eigenvalue weighted by Crippen LogP contribution is -2.05. The number of H-pyrrole nitrogens is 1. The van der Waals surface area contributed by atoms with Gasteiger partial charge in [0.1, 0.15) is 11.6 Å². The highest BCUT2D eigenvalue weighted by Crippen LogP contribution is 2.17. The van der Waals surface area contributed by atoms with E-state index in [9.17, 15) is 0 Å². The Morgan fingerprint density at radius 2 is 1.81 bits per heavy atom. The van der Waals surface area contributed by atoms with Crippen LogP contribution in [-0.4, -0.2) is 30.1 Å². The van der Waals surface area contributed by atoms with Crippen molar-refractivity contribution in [2.75, 3.05) is 11.5 Å². The van der Waals surface area contributed by atoms with E-state index in [2.05, 4.69) is 30.1 Å². The number of nitrogens with zero attached hydrogens (tertiary/aromatic N) is 5. The van der Waals surface area contributed by atoms with Crippen molar-refractivity contribution in [3.05, 3.63) is 11.6 Å². The predicted molar refractivity (Wildman–Crippen MR) is 59.3 cm³/mol. The summed E-state index contributed by atoms with van der Waals surface area (Å²) in [6.07, 6.45) is 0. The highest BCUT2D eigenvalue weighted by Gasteiger charge is 2.05. The summed E-state index contributed by atoms with van der Waals surface area (Å²) >= 11 is 1.39. The third-order valence-corrected chi connectivity index (χ3v) is 2.47. The number of rotatable bonds is 3. The average molecular weight is 238 g/mol. The Kier molecular flexibility index (Phi) is 2.86. The van der Waals surface area contributed by atoms with Gasteiger partial charge in [0.25, 0.3) is 0 Å². The molecule has 0 radical (unpaired) electrons. The molecular weight excluding hydrogens is 228 g/mol. The number of anilines is 2. The number of aromatic nitrogens is 6. The first-order valence-electron chi connectivity index (χ1n) is 4.41. The smallest absolute Gasteiger partial charge is 0.225 e. The van der Waals surface area contributed by atoms with Crippen LogP contribution < -0.4 is 11.5 Å². The molecule has 0 atom stereocenters. The molecule has 0 amide bonds. The van der Waals surface area contributed by atoms with Gasteiger partial charge in [0.15, 0.2) is 0 Å². The van der Waals surface area contributed by atoms with Gasteiger partial charge in [0.05, 0.1) is 5.75 Å². The molecule has 0 aliphatic rings. The molecule has 0 aromatic carbocycles.